The molecule has 6 heteroatoms. The number of hydrogen-bond donors (Lipinski definition) is 5. The molecule has 0 aliphatic rings. The van der Waals surface area contributed by atoms with Crippen LogP contribution < -0.4 is 5.73 Å². The van der Waals surface area contributed by atoms with E-state index in [-0.39, 0.29) is 6.42 Å². The van der Waals surface area contributed by atoms with Gasteiger partial charge in [0.25, 0.3) is 0 Å². The molecule has 0 aliphatic carbocycles. The van der Waals surface area contributed by atoms with E-state index in [4.69, 9.17) is 10.8 Å². The number of benzene rings is 1. The third kappa shape index (κ3) is 4.78. The van der Waals surface area contributed by atoms with Crippen molar-refractivity contribution in [3.8, 4) is 0 Å². The van der Waals surface area contributed by atoms with E-state index in [9.17, 15) is 20.1 Å². The highest BCUT2D eigenvalue weighted by Gasteiger charge is 2.42. The second-order valence-corrected chi connectivity index (χ2v) is 5.47. The average molecular weight is 297 g/mol. The first-order valence-electron chi connectivity index (χ1n) is 6.87. The molecule has 0 radical (unpaired) electrons. The lowest BCUT2D eigenvalue weighted by atomic mass is 9.88. The van der Waals surface area contributed by atoms with Gasteiger partial charge in [-0.25, -0.2) is 0 Å². The van der Waals surface area contributed by atoms with Crippen LogP contribution in [0.3, 0.4) is 0 Å². The Hall–Kier alpha value is -1.47. The summed E-state index contributed by atoms with van der Waals surface area (Å²) in [5.74, 6) is -1.44. The summed E-state index contributed by atoms with van der Waals surface area (Å²) in [6, 6.07) is 9.65. The second-order valence-electron chi connectivity index (χ2n) is 5.47. The molecular formula is C15H23NO5. The van der Waals surface area contributed by atoms with E-state index in [0.29, 0.717) is 6.42 Å². The third-order valence-electron chi connectivity index (χ3n) is 3.60. The monoisotopic (exact) mass is 297 g/mol. The average Bonchev–Trinajstić information content (AvgIpc) is 2.46. The van der Waals surface area contributed by atoms with Gasteiger partial charge in [0.2, 0.25) is 0 Å². The highest BCUT2D eigenvalue weighted by molar-refractivity contribution is 5.78. The van der Waals surface area contributed by atoms with Crippen LogP contribution in [0, 0.1) is 0 Å². The van der Waals surface area contributed by atoms with Crippen molar-refractivity contribution in [3.05, 3.63) is 35.9 Å². The number of hydrogen-bond acceptors (Lipinski definition) is 5. The molecule has 4 atom stereocenters. The zero-order valence-electron chi connectivity index (χ0n) is 12.0. The molecule has 0 amide bonds. The second kappa shape index (κ2) is 7.51. The summed E-state index contributed by atoms with van der Waals surface area (Å²) < 4.78 is 0. The Balaban J connectivity index is 2.47. The Bertz CT molecular complexity index is 449. The zero-order valence-corrected chi connectivity index (χ0v) is 12.0. The Morgan fingerprint density at radius 1 is 1.24 bits per heavy atom. The van der Waals surface area contributed by atoms with Crippen LogP contribution in [0.15, 0.2) is 30.3 Å². The van der Waals surface area contributed by atoms with Crippen LogP contribution >= 0.6 is 0 Å². The first-order chi connectivity index (χ1) is 9.76. The fraction of sp³-hybridized carbons (Fsp3) is 0.533. The fourth-order valence-corrected chi connectivity index (χ4v) is 2.02. The molecule has 1 aromatic carbocycles. The van der Waals surface area contributed by atoms with E-state index >= 15 is 0 Å². The number of aliphatic carboxylic acids is 1. The maximum atomic E-state index is 10.9. The van der Waals surface area contributed by atoms with Gasteiger partial charge in [-0.15, -0.1) is 0 Å². The number of aliphatic hydroxyl groups is 3. The number of aryl methyl sites for hydroxylation is 1. The summed E-state index contributed by atoms with van der Waals surface area (Å²) in [4.78, 5) is 10.9. The molecule has 0 heterocycles. The molecule has 0 fully saturated rings. The minimum atomic E-state index is -2.01. The molecule has 1 rings (SSSR count). The molecule has 118 valence electrons. The smallest absolute Gasteiger partial charge is 0.326 e. The maximum absolute atomic E-state index is 10.9. The minimum Gasteiger partial charge on any atom is -0.480 e. The SMILES string of the molecule is C[C@@](N)(C(=O)O)C(O)C(O)C(O)CCCc1ccccc1. The lowest BCUT2D eigenvalue weighted by molar-refractivity contribution is -0.154. The van der Waals surface area contributed by atoms with E-state index in [1.165, 1.54) is 0 Å². The van der Waals surface area contributed by atoms with Gasteiger partial charge in [-0.05, 0) is 31.7 Å². The van der Waals surface area contributed by atoms with Gasteiger partial charge in [-0.2, -0.15) is 0 Å². The molecule has 21 heavy (non-hydrogen) atoms. The fourth-order valence-electron chi connectivity index (χ4n) is 2.02. The number of nitrogens with two attached hydrogens (primary N) is 1. The quantitative estimate of drug-likeness (QED) is 0.456. The van der Waals surface area contributed by atoms with Gasteiger partial charge in [-0.3, -0.25) is 4.79 Å². The molecule has 0 saturated carbocycles. The lowest BCUT2D eigenvalue weighted by Crippen LogP contribution is -2.61. The largest absolute Gasteiger partial charge is 0.480 e. The molecule has 1 aromatic rings. The van der Waals surface area contributed by atoms with E-state index in [1.807, 2.05) is 30.3 Å². The summed E-state index contributed by atoms with van der Waals surface area (Å²) in [7, 11) is 0. The van der Waals surface area contributed by atoms with E-state index in [1.54, 1.807) is 0 Å². The standard InChI is InChI=1S/C15H23NO5/c1-15(16,14(20)21)13(19)12(18)11(17)9-5-8-10-6-3-2-4-7-10/h2-4,6-7,11-13,17-19H,5,8-9,16H2,1H3,(H,20,21)/t11?,12?,13?,15-/m0/s1. The van der Waals surface area contributed by atoms with Gasteiger partial charge < -0.3 is 26.2 Å². The van der Waals surface area contributed by atoms with Crippen molar-refractivity contribution in [1.29, 1.82) is 0 Å². The normalized spacial score (nSPS) is 18.5. The van der Waals surface area contributed by atoms with Gasteiger partial charge in [0.1, 0.15) is 17.7 Å². The van der Waals surface area contributed by atoms with Gasteiger partial charge >= 0.3 is 5.97 Å². The molecule has 0 bridgehead atoms. The van der Waals surface area contributed by atoms with Crippen molar-refractivity contribution in [1.82, 2.24) is 0 Å². The summed E-state index contributed by atoms with van der Waals surface area (Å²) >= 11 is 0. The van der Waals surface area contributed by atoms with Crippen LogP contribution in [-0.2, 0) is 11.2 Å². The molecule has 0 aromatic heterocycles. The Morgan fingerprint density at radius 2 is 1.81 bits per heavy atom. The minimum absolute atomic E-state index is 0.239. The number of carboxylic acid groups (broad SMARTS) is 1. The number of aliphatic hydroxyl groups excluding tert-OH is 3. The van der Waals surface area contributed by atoms with Crippen LogP contribution in [0.1, 0.15) is 25.3 Å². The third-order valence-corrected chi connectivity index (χ3v) is 3.60. The molecule has 0 saturated heterocycles. The van der Waals surface area contributed by atoms with E-state index in [2.05, 4.69) is 0 Å². The molecule has 0 aliphatic heterocycles. The first-order valence-corrected chi connectivity index (χ1v) is 6.87. The van der Waals surface area contributed by atoms with Crippen LogP contribution in [0.2, 0.25) is 0 Å². The van der Waals surface area contributed by atoms with Crippen LogP contribution in [-0.4, -0.2) is 50.2 Å². The van der Waals surface area contributed by atoms with E-state index < -0.39 is 29.8 Å². The van der Waals surface area contributed by atoms with Crippen molar-refractivity contribution in [2.75, 3.05) is 0 Å². The van der Waals surface area contributed by atoms with Crippen LogP contribution in [0.25, 0.3) is 0 Å². The predicted octanol–water partition coefficient (Wildman–Crippen LogP) is -0.106. The molecule has 0 spiro atoms. The molecule has 6 N–H and O–H groups in total. The molecular weight excluding hydrogens is 274 g/mol. The van der Waals surface area contributed by atoms with Gasteiger partial charge in [0.15, 0.2) is 0 Å². The highest BCUT2D eigenvalue weighted by atomic mass is 16.4. The summed E-state index contributed by atoms with van der Waals surface area (Å²) in [5, 5.41) is 38.4. The summed E-state index contributed by atoms with van der Waals surface area (Å²) in [6.07, 6.45) is -3.02. The Morgan fingerprint density at radius 3 is 2.33 bits per heavy atom. The summed E-state index contributed by atoms with van der Waals surface area (Å²) in [5.41, 5.74) is 4.53. The summed E-state index contributed by atoms with van der Waals surface area (Å²) in [6.45, 7) is 1.10. The maximum Gasteiger partial charge on any atom is 0.326 e. The molecule has 3 unspecified atom stereocenters. The predicted molar refractivity (Wildman–Crippen MR) is 77.6 cm³/mol. The molecule has 6 nitrogen and oxygen atoms in total. The topological polar surface area (TPSA) is 124 Å². The zero-order chi connectivity index (χ0) is 16.0. The van der Waals surface area contributed by atoms with Crippen molar-refractivity contribution >= 4 is 5.97 Å². The Kier molecular flexibility index (Phi) is 6.29. The van der Waals surface area contributed by atoms with Crippen molar-refractivity contribution in [3.63, 3.8) is 0 Å². The number of carbonyl (C=O) groups is 1. The van der Waals surface area contributed by atoms with Gasteiger partial charge in [0.05, 0.1) is 6.10 Å². The Labute approximate surface area is 123 Å². The van der Waals surface area contributed by atoms with Crippen LogP contribution in [0.4, 0.5) is 0 Å². The van der Waals surface area contributed by atoms with Crippen molar-refractivity contribution in [2.24, 2.45) is 5.73 Å². The van der Waals surface area contributed by atoms with Gasteiger partial charge in [0, 0.05) is 0 Å². The van der Waals surface area contributed by atoms with Crippen LogP contribution in [0.5, 0.6) is 0 Å². The lowest BCUT2D eigenvalue weighted by Gasteiger charge is -2.31. The number of carboxylic acids is 1. The van der Waals surface area contributed by atoms with E-state index in [0.717, 1.165) is 18.9 Å². The van der Waals surface area contributed by atoms with Crippen molar-refractivity contribution in [2.45, 2.75) is 50.0 Å². The van der Waals surface area contributed by atoms with Crippen molar-refractivity contribution < 1.29 is 25.2 Å². The first kappa shape index (κ1) is 17.6. The number of rotatable bonds is 8. The van der Waals surface area contributed by atoms with Gasteiger partial charge in [-0.1, -0.05) is 30.3 Å². The highest BCUT2D eigenvalue weighted by Crippen LogP contribution is 2.17.